The first-order chi connectivity index (χ1) is 15.6. The molecule has 1 aromatic heterocycles. The molecule has 0 aliphatic carbocycles. The minimum Gasteiger partial charge on any atom is -0.493 e. The SMILES string of the molecule is COc1cccc(-c2cc(C=Cc3ccc(-c4ccccc4)s3)ccc2C(C)C)c1OC. The van der Waals surface area contributed by atoms with E-state index in [1.807, 2.05) is 18.2 Å². The summed E-state index contributed by atoms with van der Waals surface area (Å²) in [5.41, 5.74) is 5.92. The molecule has 1 heterocycles. The fourth-order valence-corrected chi connectivity index (χ4v) is 4.81. The minimum absolute atomic E-state index is 0.393. The summed E-state index contributed by atoms with van der Waals surface area (Å²) in [4.78, 5) is 2.51. The lowest BCUT2D eigenvalue weighted by atomic mass is 9.90. The van der Waals surface area contributed by atoms with Crippen LogP contribution in [0.5, 0.6) is 11.5 Å². The third-order valence-electron chi connectivity index (χ3n) is 5.52. The Labute approximate surface area is 194 Å². The molecule has 0 atom stereocenters. The van der Waals surface area contributed by atoms with Gasteiger partial charge in [0.15, 0.2) is 11.5 Å². The summed E-state index contributed by atoms with van der Waals surface area (Å²) in [7, 11) is 3.37. The molecule has 4 aromatic rings. The topological polar surface area (TPSA) is 18.5 Å². The number of thiophene rings is 1. The van der Waals surface area contributed by atoms with Crippen LogP contribution in [0.15, 0.2) is 78.9 Å². The second-order valence-electron chi connectivity index (χ2n) is 7.94. The van der Waals surface area contributed by atoms with Gasteiger partial charge in [0.2, 0.25) is 0 Å². The third kappa shape index (κ3) is 4.63. The number of para-hydroxylation sites is 1. The Balaban J connectivity index is 1.70. The number of hydrogen-bond acceptors (Lipinski definition) is 3. The van der Waals surface area contributed by atoms with Gasteiger partial charge in [0.1, 0.15) is 0 Å². The molecule has 0 amide bonds. The van der Waals surface area contributed by atoms with Gasteiger partial charge in [-0.15, -0.1) is 11.3 Å². The largest absolute Gasteiger partial charge is 0.493 e. The van der Waals surface area contributed by atoms with E-state index in [0.717, 1.165) is 22.6 Å². The molecular weight excluding hydrogens is 412 g/mol. The lowest BCUT2D eigenvalue weighted by Crippen LogP contribution is -1.97. The first kappa shape index (κ1) is 21.9. The smallest absolute Gasteiger partial charge is 0.168 e. The van der Waals surface area contributed by atoms with Crippen LogP contribution in [-0.2, 0) is 0 Å². The molecule has 162 valence electrons. The highest BCUT2D eigenvalue weighted by Gasteiger charge is 2.16. The van der Waals surface area contributed by atoms with Crippen LogP contribution < -0.4 is 9.47 Å². The minimum atomic E-state index is 0.393. The van der Waals surface area contributed by atoms with Crippen molar-refractivity contribution < 1.29 is 9.47 Å². The Bertz CT molecular complexity index is 1220. The Kier molecular flexibility index (Phi) is 6.77. The van der Waals surface area contributed by atoms with Gasteiger partial charge in [0, 0.05) is 15.3 Å². The Hall–Kier alpha value is -3.30. The van der Waals surface area contributed by atoms with Gasteiger partial charge in [-0.2, -0.15) is 0 Å². The molecule has 0 saturated heterocycles. The summed E-state index contributed by atoms with van der Waals surface area (Å²) in [6.45, 7) is 4.44. The van der Waals surface area contributed by atoms with Crippen molar-refractivity contribution in [3.8, 4) is 33.1 Å². The number of hydrogen-bond donors (Lipinski definition) is 0. The number of methoxy groups -OCH3 is 2. The maximum absolute atomic E-state index is 5.73. The Morgan fingerprint density at radius 1 is 0.750 bits per heavy atom. The van der Waals surface area contributed by atoms with Crippen molar-refractivity contribution >= 4 is 23.5 Å². The van der Waals surface area contributed by atoms with Gasteiger partial charge in [-0.3, -0.25) is 0 Å². The normalized spacial score (nSPS) is 11.3. The van der Waals surface area contributed by atoms with Crippen LogP contribution in [0.1, 0.15) is 35.8 Å². The molecule has 3 heteroatoms. The quantitative estimate of drug-likeness (QED) is 0.287. The summed E-state index contributed by atoms with van der Waals surface area (Å²) in [6.07, 6.45) is 4.37. The molecule has 0 radical (unpaired) electrons. The van der Waals surface area contributed by atoms with Crippen molar-refractivity contribution in [3.05, 3.63) is 94.9 Å². The van der Waals surface area contributed by atoms with E-state index in [2.05, 4.69) is 86.7 Å². The van der Waals surface area contributed by atoms with Crippen LogP contribution in [0.3, 0.4) is 0 Å². The van der Waals surface area contributed by atoms with Crippen LogP contribution in [0.25, 0.3) is 33.7 Å². The molecule has 4 rings (SSSR count). The van der Waals surface area contributed by atoms with E-state index in [0.29, 0.717) is 5.92 Å². The van der Waals surface area contributed by atoms with E-state index in [9.17, 15) is 0 Å². The summed E-state index contributed by atoms with van der Waals surface area (Å²) in [6, 6.07) is 27.6. The molecule has 0 N–H and O–H groups in total. The molecule has 0 bridgehead atoms. The van der Waals surface area contributed by atoms with Gasteiger partial charge in [-0.25, -0.2) is 0 Å². The van der Waals surface area contributed by atoms with Crippen LogP contribution >= 0.6 is 11.3 Å². The van der Waals surface area contributed by atoms with Gasteiger partial charge < -0.3 is 9.47 Å². The van der Waals surface area contributed by atoms with Gasteiger partial charge in [-0.1, -0.05) is 74.5 Å². The second kappa shape index (κ2) is 9.88. The maximum atomic E-state index is 5.73. The first-order valence-corrected chi connectivity index (χ1v) is 11.6. The van der Waals surface area contributed by atoms with Crippen LogP contribution in [0.2, 0.25) is 0 Å². The predicted molar refractivity (Wildman–Crippen MR) is 138 cm³/mol. The number of ether oxygens (including phenoxy) is 2. The molecule has 0 aliphatic heterocycles. The molecule has 0 unspecified atom stereocenters. The average molecular weight is 441 g/mol. The summed E-state index contributed by atoms with van der Waals surface area (Å²) in [5, 5.41) is 0. The molecule has 2 nitrogen and oxygen atoms in total. The highest BCUT2D eigenvalue weighted by molar-refractivity contribution is 7.16. The fraction of sp³-hybridized carbons (Fsp3) is 0.172. The molecule has 0 saturated carbocycles. The molecule has 3 aromatic carbocycles. The monoisotopic (exact) mass is 440 g/mol. The van der Waals surface area contributed by atoms with E-state index in [4.69, 9.17) is 9.47 Å². The van der Waals surface area contributed by atoms with Crippen molar-refractivity contribution in [1.29, 1.82) is 0 Å². The van der Waals surface area contributed by atoms with Gasteiger partial charge in [0.25, 0.3) is 0 Å². The maximum Gasteiger partial charge on any atom is 0.168 e. The van der Waals surface area contributed by atoms with Gasteiger partial charge in [0.05, 0.1) is 14.2 Å². The average Bonchev–Trinajstić information content (AvgIpc) is 3.31. The van der Waals surface area contributed by atoms with Crippen molar-refractivity contribution in [2.24, 2.45) is 0 Å². The zero-order valence-electron chi connectivity index (χ0n) is 19.0. The van der Waals surface area contributed by atoms with Gasteiger partial charge >= 0.3 is 0 Å². The third-order valence-corrected chi connectivity index (χ3v) is 6.62. The summed E-state index contributed by atoms with van der Waals surface area (Å²) >= 11 is 1.80. The standard InChI is InChI=1S/C29H28O2S/c1-20(2)24-17-14-21(19-26(24)25-11-8-12-27(30-3)29(25)31-4)13-15-23-16-18-28(32-23)22-9-6-5-7-10-22/h5-20H,1-4H3. The van der Waals surface area contributed by atoms with E-state index < -0.39 is 0 Å². The zero-order chi connectivity index (χ0) is 22.5. The number of benzene rings is 3. The highest BCUT2D eigenvalue weighted by atomic mass is 32.1. The van der Waals surface area contributed by atoms with E-state index in [1.165, 1.54) is 26.4 Å². The molecule has 0 spiro atoms. The first-order valence-electron chi connectivity index (χ1n) is 10.8. The number of rotatable bonds is 7. The summed E-state index contributed by atoms with van der Waals surface area (Å²) in [5.74, 6) is 1.90. The Morgan fingerprint density at radius 3 is 2.28 bits per heavy atom. The molecule has 0 aliphatic rings. The highest BCUT2D eigenvalue weighted by Crippen LogP contribution is 2.41. The van der Waals surface area contributed by atoms with E-state index >= 15 is 0 Å². The summed E-state index contributed by atoms with van der Waals surface area (Å²) < 4.78 is 11.3. The van der Waals surface area contributed by atoms with Gasteiger partial charge in [-0.05, 0) is 58.5 Å². The second-order valence-corrected chi connectivity index (χ2v) is 9.06. The zero-order valence-corrected chi connectivity index (χ0v) is 19.8. The fourth-order valence-electron chi connectivity index (χ4n) is 3.89. The van der Waals surface area contributed by atoms with Crippen molar-refractivity contribution in [2.45, 2.75) is 19.8 Å². The van der Waals surface area contributed by atoms with Crippen LogP contribution in [-0.4, -0.2) is 14.2 Å². The molecule has 0 fully saturated rings. The predicted octanol–water partition coefficient (Wildman–Crippen LogP) is 8.39. The van der Waals surface area contributed by atoms with Crippen molar-refractivity contribution in [2.75, 3.05) is 14.2 Å². The molecule has 32 heavy (non-hydrogen) atoms. The van der Waals surface area contributed by atoms with Crippen LogP contribution in [0.4, 0.5) is 0 Å². The van der Waals surface area contributed by atoms with E-state index in [1.54, 1.807) is 25.6 Å². The lowest BCUT2D eigenvalue weighted by Gasteiger charge is -2.18. The van der Waals surface area contributed by atoms with E-state index in [-0.39, 0.29) is 0 Å². The lowest BCUT2D eigenvalue weighted by molar-refractivity contribution is 0.356. The van der Waals surface area contributed by atoms with Crippen LogP contribution in [0, 0.1) is 0 Å². The van der Waals surface area contributed by atoms with Crippen molar-refractivity contribution in [1.82, 2.24) is 0 Å². The molecular formula is C29H28O2S. The Morgan fingerprint density at radius 2 is 1.56 bits per heavy atom. The van der Waals surface area contributed by atoms with Crippen molar-refractivity contribution in [3.63, 3.8) is 0 Å².